The first-order valence-electron chi connectivity index (χ1n) is 4.60. The van der Waals surface area contributed by atoms with Crippen molar-refractivity contribution in [3.05, 3.63) is 0 Å². The van der Waals surface area contributed by atoms with E-state index in [2.05, 4.69) is 0 Å². The summed E-state index contributed by atoms with van der Waals surface area (Å²) in [5.41, 5.74) is 0. The fraction of sp³-hybridized carbons (Fsp3) is 1.00. The first-order chi connectivity index (χ1) is 5.85. The first kappa shape index (κ1) is 12.8. The van der Waals surface area contributed by atoms with Gasteiger partial charge >= 0.3 is 6.18 Å². The maximum atomic E-state index is 11.8. The van der Waals surface area contributed by atoms with Gasteiger partial charge in [0.15, 0.2) is 0 Å². The number of aliphatic hydroxyl groups excluding tert-OH is 1. The first-order valence-corrected chi connectivity index (χ1v) is 4.60. The molecular formula is C9H17F3O. The number of hydrogen-bond acceptors (Lipinski definition) is 1. The lowest BCUT2D eigenvalue weighted by Crippen LogP contribution is -2.21. The van der Waals surface area contributed by atoms with Gasteiger partial charge in [0.25, 0.3) is 0 Å². The fourth-order valence-corrected chi connectivity index (χ4v) is 1.43. The van der Waals surface area contributed by atoms with Crippen LogP contribution < -0.4 is 0 Å². The van der Waals surface area contributed by atoms with Crippen molar-refractivity contribution in [2.75, 3.05) is 0 Å². The van der Waals surface area contributed by atoms with E-state index in [-0.39, 0.29) is 12.3 Å². The second kappa shape index (κ2) is 5.47. The Kier molecular flexibility index (Phi) is 5.37. The topological polar surface area (TPSA) is 20.2 Å². The molecule has 0 aliphatic rings. The highest BCUT2D eigenvalue weighted by Gasteiger charge is 2.31. The van der Waals surface area contributed by atoms with Crippen molar-refractivity contribution in [1.29, 1.82) is 0 Å². The SMILES string of the molecule is CCCC(C)CC(O)CC(F)(F)F. The zero-order valence-corrected chi connectivity index (χ0v) is 8.06. The van der Waals surface area contributed by atoms with Crippen LogP contribution >= 0.6 is 0 Å². The smallest absolute Gasteiger partial charge is 0.391 e. The Morgan fingerprint density at radius 1 is 1.31 bits per heavy atom. The Morgan fingerprint density at radius 2 is 1.85 bits per heavy atom. The Balaban J connectivity index is 3.67. The van der Waals surface area contributed by atoms with Crippen LogP contribution in [0, 0.1) is 5.92 Å². The van der Waals surface area contributed by atoms with Gasteiger partial charge in [0.2, 0.25) is 0 Å². The van der Waals surface area contributed by atoms with Crippen LogP contribution in [0.3, 0.4) is 0 Å². The lowest BCUT2D eigenvalue weighted by atomic mass is 9.97. The van der Waals surface area contributed by atoms with Crippen molar-refractivity contribution in [3.63, 3.8) is 0 Å². The van der Waals surface area contributed by atoms with E-state index in [1.807, 2.05) is 13.8 Å². The van der Waals surface area contributed by atoms with E-state index in [9.17, 15) is 13.2 Å². The molecule has 0 amide bonds. The molecule has 13 heavy (non-hydrogen) atoms. The van der Waals surface area contributed by atoms with E-state index < -0.39 is 18.7 Å². The largest absolute Gasteiger partial charge is 0.393 e. The standard InChI is InChI=1S/C9H17F3O/c1-3-4-7(2)5-8(13)6-9(10,11)12/h7-8,13H,3-6H2,1-2H3. The predicted molar refractivity (Wildman–Crippen MR) is 45.4 cm³/mol. The molecular weight excluding hydrogens is 181 g/mol. The number of aliphatic hydroxyl groups is 1. The highest BCUT2D eigenvalue weighted by Crippen LogP contribution is 2.25. The number of alkyl halides is 3. The molecule has 80 valence electrons. The third-order valence-electron chi connectivity index (χ3n) is 1.92. The lowest BCUT2D eigenvalue weighted by Gasteiger charge is -2.16. The minimum Gasteiger partial charge on any atom is -0.393 e. The quantitative estimate of drug-likeness (QED) is 0.719. The van der Waals surface area contributed by atoms with Crippen molar-refractivity contribution in [3.8, 4) is 0 Å². The van der Waals surface area contributed by atoms with E-state index in [0.29, 0.717) is 0 Å². The van der Waals surface area contributed by atoms with Crippen LogP contribution in [0.5, 0.6) is 0 Å². The third kappa shape index (κ3) is 8.09. The van der Waals surface area contributed by atoms with Gasteiger partial charge in [0.05, 0.1) is 12.5 Å². The van der Waals surface area contributed by atoms with Gasteiger partial charge in [-0.25, -0.2) is 0 Å². The van der Waals surface area contributed by atoms with E-state index in [1.165, 1.54) is 0 Å². The molecule has 2 atom stereocenters. The number of rotatable bonds is 5. The molecule has 4 heteroatoms. The molecule has 0 rings (SSSR count). The predicted octanol–water partition coefficient (Wildman–Crippen LogP) is 3.13. The molecule has 1 nitrogen and oxygen atoms in total. The van der Waals surface area contributed by atoms with Crippen LogP contribution in [0.25, 0.3) is 0 Å². The monoisotopic (exact) mass is 198 g/mol. The normalized spacial score (nSPS) is 17.1. The highest BCUT2D eigenvalue weighted by molar-refractivity contribution is 4.65. The molecule has 0 heterocycles. The summed E-state index contributed by atoms with van der Waals surface area (Å²) in [6.45, 7) is 3.84. The Morgan fingerprint density at radius 3 is 2.23 bits per heavy atom. The molecule has 0 radical (unpaired) electrons. The lowest BCUT2D eigenvalue weighted by molar-refractivity contribution is -0.155. The Hall–Kier alpha value is -0.250. The minimum atomic E-state index is -4.24. The van der Waals surface area contributed by atoms with Gasteiger partial charge in [-0.2, -0.15) is 13.2 Å². The molecule has 0 fully saturated rings. The Bertz CT molecular complexity index is 133. The van der Waals surface area contributed by atoms with E-state index in [0.717, 1.165) is 12.8 Å². The van der Waals surface area contributed by atoms with Crippen molar-refractivity contribution in [2.45, 2.75) is 51.8 Å². The maximum Gasteiger partial charge on any atom is 0.391 e. The van der Waals surface area contributed by atoms with Crippen molar-refractivity contribution >= 4 is 0 Å². The molecule has 1 N–H and O–H groups in total. The summed E-state index contributed by atoms with van der Waals surface area (Å²) < 4.78 is 35.3. The number of hydrogen-bond donors (Lipinski definition) is 1. The minimum absolute atomic E-state index is 0.169. The van der Waals surface area contributed by atoms with Gasteiger partial charge in [0, 0.05) is 0 Å². The van der Waals surface area contributed by atoms with Crippen molar-refractivity contribution in [2.24, 2.45) is 5.92 Å². The zero-order chi connectivity index (χ0) is 10.5. The fourth-order valence-electron chi connectivity index (χ4n) is 1.43. The van der Waals surface area contributed by atoms with Gasteiger partial charge in [-0.1, -0.05) is 26.7 Å². The van der Waals surface area contributed by atoms with Gasteiger partial charge in [-0.3, -0.25) is 0 Å². The molecule has 0 aliphatic heterocycles. The summed E-state index contributed by atoms with van der Waals surface area (Å²) in [5.74, 6) is 0.169. The van der Waals surface area contributed by atoms with Gasteiger partial charge in [-0.05, 0) is 12.3 Å². The summed E-state index contributed by atoms with van der Waals surface area (Å²) in [6.07, 6.45) is -4.50. The molecule has 0 aromatic carbocycles. The van der Waals surface area contributed by atoms with Crippen LogP contribution in [-0.4, -0.2) is 17.4 Å². The Labute approximate surface area is 76.9 Å². The van der Waals surface area contributed by atoms with Gasteiger partial charge < -0.3 is 5.11 Å². The highest BCUT2D eigenvalue weighted by atomic mass is 19.4. The molecule has 0 spiro atoms. The second-order valence-corrected chi connectivity index (χ2v) is 3.60. The van der Waals surface area contributed by atoms with E-state index >= 15 is 0 Å². The zero-order valence-electron chi connectivity index (χ0n) is 8.06. The molecule has 0 saturated carbocycles. The molecule has 0 aromatic heterocycles. The van der Waals surface area contributed by atoms with Crippen LogP contribution in [0.4, 0.5) is 13.2 Å². The molecule has 0 bridgehead atoms. The average Bonchev–Trinajstić information content (AvgIpc) is 1.81. The van der Waals surface area contributed by atoms with Crippen LogP contribution in [0.1, 0.15) is 39.5 Å². The van der Waals surface area contributed by atoms with Crippen LogP contribution in [-0.2, 0) is 0 Å². The second-order valence-electron chi connectivity index (χ2n) is 3.60. The summed E-state index contributed by atoms with van der Waals surface area (Å²) in [4.78, 5) is 0. The van der Waals surface area contributed by atoms with Gasteiger partial charge in [-0.15, -0.1) is 0 Å². The van der Waals surface area contributed by atoms with Crippen molar-refractivity contribution < 1.29 is 18.3 Å². The molecule has 2 unspecified atom stereocenters. The summed E-state index contributed by atoms with van der Waals surface area (Å²) >= 11 is 0. The maximum absolute atomic E-state index is 11.8. The summed E-state index contributed by atoms with van der Waals surface area (Å²) in [7, 11) is 0. The van der Waals surface area contributed by atoms with Crippen LogP contribution in [0.2, 0.25) is 0 Å². The summed E-state index contributed by atoms with van der Waals surface area (Å²) in [5, 5.41) is 9.06. The molecule has 0 saturated heterocycles. The van der Waals surface area contributed by atoms with E-state index in [4.69, 9.17) is 5.11 Å². The third-order valence-corrected chi connectivity index (χ3v) is 1.92. The molecule has 0 aliphatic carbocycles. The van der Waals surface area contributed by atoms with Crippen LogP contribution in [0.15, 0.2) is 0 Å². The van der Waals surface area contributed by atoms with E-state index in [1.54, 1.807) is 0 Å². The van der Waals surface area contributed by atoms with Gasteiger partial charge in [0.1, 0.15) is 0 Å². The average molecular weight is 198 g/mol. The number of halogens is 3. The van der Waals surface area contributed by atoms with Crippen molar-refractivity contribution in [1.82, 2.24) is 0 Å². The molecule has 0 aromatic rings. The summed E-state index contributed by atoms with van der Waals surface area (Å²) in [6, 6.07) is 0.